The lowest BCUT2D eigenvalue weighted by Crippen LogP contribution is -2.10. The van der Waals surface area contributed by atoms with E-state index in [-0.39, 0.29) is 0 Å². The quantitative estimate of drug-likeness (QED) is 0.146. The molecule has 0 aliphatic rings. The number of nitrogens with zero attached hydrogens (tertiary/aromatic N) is 2. The first-order valence-electron chi connectivity index (χ1n) is 21.3. The van der Waals surface area contributed by atoms with Gasteiger partial charge in [0.05, 0.1) is 11.0 Å². The molecule has 0 bridgehead atoms. The smallest absolute Gasteiger partial charge is 0.0626 e. The van der Waals surface area contributed by atoms with Gasteiger partial charge in [0.15, 0.2) is 0 Å². The van der Waals surface area contributed by atoms with Gasteiger partial charge in [0, 0.05) is 44.3 Å². The number of para-hydroxylation sites is 1. The fourth-order valence-corrected chi connectivity index (χ4v) is 9.63. The van der Waals surface area contributed by atoms with Crippen molar-refractivity contribution in [3.63, 3.8) is 0 Å². The minimum absolute atomic E-state index is 1.09. The average molecular weight is 789 g/mol. The Kier molecular flexibility index (Phi) is 8.53. The van der Waals surface area contributed by atoms with E-state index in [2.05, 4.69) is 252 Å². The van der Waals surface area contributed by atoms with Gasteiger partial charge in [-0.15, -0.1) is 0 Å². The highest BCUT2D eigenvalue weighted by Crippen LogP contribution is 2.45. The van der Waals surface area contributed by atoms with Crippen molar-refractivity contribution in [1.29, 1.82) is 0 Å². The Balaban J connectivity index is 0.995. The van der Waals surface area contributed by atoms with Crippen LogP contribution in [-0.2, 0) is 0 Å². The number of fused-ring (bicyclic) bond motifs is 10. The van der Waals surface area contributed by atoms with Crippen molar-refractivity contribution in [2.75, 3.05) is 4.90 Å². The highest BCUT2D eigenvalue weighted by molar-refractivity contribution is 6.36. The van der Waals surface area contributed by atoms with Crippen LogP contribution in [0.5, 0.6) is 0 Å². The zero-order valence-electron chi connectivity index (χ0n) is 34.0. The molecule has 2 nitrogen and oxygen atoms in total. The summed E-state index contributed by atoms with van der Waals surface area (Å²) >= 11 is 0. The van der Waals surface area contributed by atoms with E-state index < -0.39 is 0 Å². The van der Waals surface area contributed by atoms with Gasteiger partial charge >= 0.3 is 0 Å². The second-order valence-corrected chi connectivity index (χ2v) is 16.1. The molecule has 12 rings (SSSR count). The zero-order chi connectivity index (χ0) is 41.0. The van der Waals surface area contributed by atoms with E-state index in [4.69, 9.17) is 0 Å². The molecule has 0 aliphatic carbocycles. The molecule has 0 fully saturated rings. The van der Waals surface area contributed by atoms with Crippen molar-refractivity contribution in [2.24, 2.45) is 0 Å². The molecule has 2 heteroatoms. The van der Waals surface area contributed by atoms with Gasteiger partial charge in [0.2, 0.25) is 0 Å². The van der Waals surface area contributed by atoms with Crippen molar-refractivity contribution in [2.45, 2.75) is 0 Å². The fraction of sp³-hybridized carbons (Fsp3) is 0. The Morgan fingerprint density at radius 2 is 0.677 bits per heavy atom. The van der Waals surface area contributed by atoms with Gasteiger partial charge in [-0.05, 0) is 110 Å². The third-order valence-electron chi connectivity index (χ3n) is 12.6. The highest BCUT2D eigenvalue weighted by Gasteiger charge is 2.21. The summed E-state index contributed by atoms with van der Waals surface area (Å²) in [6.07, 6.45) is 0. The molecule has 0 saturated heterocycles. The molecule has 0 amide bonds. The SMILES string of the molecule is c1ccc(-c2ccc(-c3ccc(N(c4ccc(-c5ccccc5)cc4)c4ccc(-n5c6ccccc6c6c7c8ccccc8ccc7c7ccccc7c65)cc4)cc3)cc2)cc1. The van der Waals surface area contributed by atoms with E-state index >= 15 is 0 Å². The van der Waals surface area contributed by atoms with Crippen molar-refractivity contribution in [3.8, 4) is 39.1 Å². The maximum atomic E-state index is 2.48. The first kappa shape index (κ1) is 35.7. The van der Waals surface area contributed by atoms with Crippen LogP contribution in [0.2, 0.25) is 0 Å². The van der Waals surface area contributed by atoms with Gasteiger partial charge in [-0.2, -0.15) is 0 Å². The molecule has 11 aromatic carbocycles. The predicted octanol–water partition coefficient (Wildman–Crippen LogP) is 16.7. The van der Waals surface area contributed by atoms with E-state index in [0.29, 0.717) is 0 Å². The van der Waals surface area contributed by atoms with Crippen molar-refractivity contribution >= 4 is 71.2 Å². The molecule has 290 valence electrons. The molecule has 0 aliphatic heterocycles. The van der Waals surface area contributed by atoms with E-state index in [9.17, 15) is 0 Å². The second-order valence-electron chi connectivity index (χ2n) is 16.1. The van der Waals surface area contributed by atoms with Crippen molar-refractivity contribution in [3.05, 3.63) is 243 Å². The topological polar surface area (TPSA) is 8.17 Å². The second kappa shape index (κ2) is 14.8. The number of benzene rings is 11. The molecule has 0 radical (unpaired) electrons. The normalized spacial score (nSPS) is 11.5. The van der Waals surface area contributed by atoms with Gasteiger partial charge in [-0.1, -0.05) is 188 Å². The molecular formula is C60H40N2. The molecule has 0 spiro atoms. The number of anilines is 3. The minimum atomic E-state index is 1.09. The molecule has 0 N–H and O–H groups in total. The van der Waals surface area contributed by atoms with Crippen LogP contribution in [0.25, 0.3) is 93.2 Å². The molecule has 1 heterocycles. The maximum Gasteiger partial charge on any atom is 0.0626 e. The lowest BCUT2D eigenvalue weighted by atomic mass is 9.93. The third kappa shape index (κ3) is 5.96. The number of hydrogen-bond donors (Lipinski definition) is 0. The summed E-state index contributed by atoms with van der Waals surface area (Å²) in [4.78, 5) is 2.36. The molecular weight excluding hydrogens is 749 g/mol. The van der Waals surface area contributed by atoms with Crippen LogP contribution in [0.4, 0.5) is 17.1 Å². The Morgan fingerprint density at radius 3 is 1.24 bits per heavy atom. The van der Waals surface area contributed by atoms with Crippen molar-refractivity contribution in [1.82, 2.24) is 4.57 Å². The summed E-state index contributed by atoms with van der Waals surface area (Å²) in [5, 5.41) is 10.2. The number of rotatable bonds is 7. The molecule has 12 aromatic rings. The van der Waals surface area contributed by atoms with Gasteiger partial charge in [0.25, 0.3) is 0 Å². The van der Waals surface area contributed by atoms with E-state index in [1.165, 1.54) is 87.5 Å². The third-order valence-corrected chi connectivity index (χ3v) is 12.6. The monoisotopic (exact) mass is 788 g/mol. The first-order valence-corrected chi connectivity index (χ1v) is 21.3. The highest BCUT2D eigenvalue weighted by atomic mass is 15.1. The maximum absolute atomic E-state index is 2.48. The van der Waals surface area contributed by atoms with Crippen LogP contribution in [0.15, 0.2) is 243 Å². The molecule has 0 unspecified atom stereocenters. The Hall–Kier alpha value is -8.20. The standard InChI is InChI=1S/C60H40N2/c1-3-13-41(14-4-1)43-23-25-44(26-24-43)46-29-34-49(35-30-46)61(48-32-27-45(28-33-48)42-15-5-2-6-16-42)50-36-38-51(39-37-50)62-57-22-12-11-21-56(57)59-58-52-18-8-7-17-47(52)31-40-54(58)53-19-9-10-20-55(53)60(59)62/h1-40H. The van der Waals surface area contributed by atoms with Gasteiger partial charge < -0.3 is 9.47 Å². The zero-order valence-corrected chi connectivity index (χ0v) is 34.0. The fourth-order valence-electron chi connectivity index (χ4n) is 9.63. The molecule has 62 heavy (non-hydrogen) atoms. The predicted molar refractivity (Wildman–Crippen MR) is 264 cm³/mol. The summed E-state index contributed by atoms with van der Waals surface area (Å²) in [5.41, 5.74) is 14.0. The first-order chi connectivity index (χ1) is 30.8. The minimum Gasteiger partial charge on any atom is -0.311 e. The Labute approximate surface area is 360 Å². The largest absolute Gasteiger partial charge is 0.311 e. The summed E-state index contributed by atoms with van der Waals surface area (Å²) in [6, 6.07) is 88.2. The summed E-state index contributed by atoms with van der Waals surface area (Å²) < 4.78 is 2.48. The summed E-state index contributed by atoms with van der Waals surface area (Å²) in [6.45, 7) is 0. The number of hydrogen-bond acceptors (Lipinski definition) is 1. The summed E-state index contributed by atoms with van der Waals surface area (Å²) in [7, 11) is 0. The van der Waals surface area contributed by atoms with Crippen LogP contribution in [-0.4, -0.2) is 4.57 Å². The van der Waals surface area contributed by atoms with Crippen LogP contribution in [0.3, 0.4) is 0 Å². The lowest BCUT2D eigenvalue weighted by Gasteiger charge is -2.26. The lowest BCUT2D eigenvalue weighted by molar-refractivity contribution is 1.18. The average Bonchev–Trinajstić information content (AvgIpc) is 3.71. The number of aromatic nitrogens is 1. The van der Waals surface area contributed by atoms with Crippen molar-refractivity contribution < 1.29 is 0 Å². The van der Waals surface area contributed by atoms with E-state index in [1.54, 1.807) is 0 Å². The van der Waals surface area contributed by atoms with E-state index in [0.717, 1.165) is 22.7 Å². The van der Waals surface area contributed by atoms with Crippen LogP contribution in [0, 0.1) is 0 Å². The van der Waals surface area contributed by atoms with E-state index in [1.807, 2.05) is 0 Å². The van der Waals surface area contributed by atoms with Gasteiger partial charge in [0.1, 0.15) is 0 Å². The Bertz CT molecular complexity index is 3570. The van der Waals surface area contributed by atoms with Crippen LogP contribution < -0.4 is 4.90 Å². The summed E-state index contributed by atoms with van der Waals surface area (Å²) in [5.74, 6) is 0. The molecule has 0 saturated carbocycles. The van der Waals surface area contributed by atoms with Crippen LogP contribution >= 0.6 is 0 Å². The Morgan fingerprint density at radius 1 is 0.258 bits per heavy atom. The van der Waals surface area contributed by atoms with Crippen LogP contribution in [0.1, 0.15) is 0 Å². The molecule has 0 atom stereocenters. The molecule has 1 aromatic heterocycles. The van der Waals surface area contributed by atoms with Gasteiger partial charge in [-0.25, -0.2) is 0 Å². The van der Waals surface area contributed by atoms with Gasteiger partial charge in [-0.3, -0.25) is 0 Å².